The predicted molar refractivity (Wildman–Crippen MR) is 71.3 cm³/mol. The molecule has 1 unspecified atom stereocenters. The number of nitrogens with one attached hydrogen (secondary N) is 1. The Balaban J connectivity index is 2.96. The molecule has 5 nitrogen and oxygen atoms in total. The van der Waals surface area contributed by atoms with Crippen LogP contribution in [0.1, 0.15) is 30.8 Å². The number of rotatable bonds is 6. The fraction of sp³-hybridized carbons (Fsp3) is 0.538. The van der Waals surface area contributed by atoms with Crippen molar-refractivity contribution in [1.82, 2.24) is 4.98 Å². The molecule has 18 heavy (non-hydrogen) atoms. The molecule has 0 bridgehead atoms. The normalized spacial score (nSPS) is 12.2. The van der Waals surface area contributed by atoms with Crippen molar-refractivity contribution in [2.75, 3.05) is 13.2 Å². The Morgan fingerprint density at radius 1 is 1.50 bits per heavy atom. The molecule has 0 amide bonds. The summed E-state index contributed by atoms with van der Waals surface area (Å²) in [4.78, 5) is 4.29. The van der Waals surface area contributed by atoms with Crippen molar-refractivity contribution in [3.63, 3.8) is 0 Å². The number of aryl methyl sites for hydroxylation is 2. The van der Waals surface area contributed by atoms with Gasteiger partial charge in [-0.15, -0.1) is 0 Å². The first-order valence-corrected chi connectivity index (χ1v) is 6.02. The van der Waals surface area contributed by atoms with Crippen molar-refractivity contribution in [1.29, 1.82) is 5.41 Å². The zero-order valence-corrected chi connectivity index (χ0v) is 11.4. The zero-order valence-electron chi connectivity index (χ0n) is 11.4. The topological polar surface area (TPSA) is 81.2 Å². The molecule has 5 heteroatoms. The highest BCUT2D eigenvalue weighted by Crippen LogP contribution is 2.23. The maximum absolute atomic E-state index is 7.60. The van der Waals surface area contributed by atoms with Crippen molar-refractivity contribution in [2.45, 2.75) is 33.8 Å². The first-order valence-electron chi connectivity index (χ1n) is 6.02. The Labute approximate surface area is 108 Å². The molecule has 1 aromatic rings. The number of hydrogen-bond donors (Lipinski definition) is 2. The van der Waals surface area contributed by atoms with E-state index in [1.165, 1.54) is 0 Å². The largest absolute Gasteiger partial charge is 0.487 e. The highest BCUT2D eigenvalue weighted by Gasteiger charge is 2.15. The van der Waals surface area contributed by atoms with Gasteiger partial charge >= 0.3 is 0 Å². The molecule has 3 N–H and O–H groups in total. The number of nitrogen functional groups attached to an aromatic ring is 1. The van der Waals surface area contributed by atoms with E-state index in [1.807, 2.05) is 27.7 Å². The van der Waals surface area contributed by atoms with Gasteiger partial charge < -0.3 is 15.2 Å². The van der Waals surface area contributed by atoms with Gasteiger partial charge in [-0.05, 0) is 27.7 Å². The summed E-state index contributed by atoms with van der Waals surface area (Å²) >= 11 is 0. The molecule has 0 radical (unpaired) electrons. The van der Waals surface area contributed by atoms with Crippen LogP contribution >= 0.6 is 0 Å². The number of ether oxygens (including phenoxy) is 2. The number of nitrogens with zero attached hydrogens (tertiary/aromatic N) is 1. The summed E-state index contributed by atoms with van der Waals surface area (Å²) in [6.45, 7) is 8.73. The first kappa shape index (κ1) is 14.4. The Hall–Kier alpha value is -1.62. The van der Waals surface area contributed by atoms with Gasteiger partial charge in [0, 0.05) is 18.4 Å². The predicted octanol–water partition coefficient (Wildman–Crippen LogP) is 1.79. The number of amidine groups is 1. The minimum absolute atomic E-state index is 0.0291. The summed E-state index contributed by atoms with van der Waals surface area (Å²) < 4.78 is 11.1. The van der Waals surface area contributed by atoms with E-state index in [-0.39, 0.29) is 11.9 Å². The number of nitrogens with two attached hydrogens (primary N) is 1. The van der Waals surface area contributed by atoms with E-state index in [2.05, 4.69) is 4.98 Å². The van der Waals surface area contributed by atoms with Gasteiger partial charge in [0.05, 0.1) is 17.9 Å². The van der Waals surface area contributed by atoms with E-state index in [9.17, 15) is 0 Å². The lowest BCUT2D eigenvalue weighted by molar-refractivity contribution is 0.0655. The molecule has 1 atom stereocenters. The van der Waals surface area contributed by atoms with E-state index in [4.69, 9.17) is 20.6 Å². The smallest absolute Gasteiger partial charge is 0.134 e. The number of hydrogen-bond acceptors (Lipinski definition) is 4. The average Bonchev–Trinajstić information content (AvgIpc) is 2.24. The van der Waals surface area contributed by atoms with Crippen molar-refractivity contribution >= 4 is 5.84 Å². The Morgan fingerprint density at radius 2 is 2.17 bits per heavy atom. The molecule has 0 aliphatic carbocycles. The third-order valence-electron chi connectivity index (χ3n) is 2.45. The molecule has 0 saturated carbocycles. The maximum Gasteiger partial charge on any atom is 0.134 e. The van der Waals surface area contributed by atoms with Gasteiger partial charge in [-0.25, -0.2) is 0 Å². The van der Waals surface area contributed by atoms with Crippen LogP contribution in [-0.4, -0.2) is 30.1 Å². The highest BCUT2D eigenvalue weighted by atomic mass is 16.5. The third kappa shape index (κ3) is 3.70. The number of pyridine rings is 1. The lowest BCUT2D eigenvalue weighted by atomic mass is 10.1. The SMILES string of the molecule is CCOCC(C)Oc1cc(C)nc(C)c1C(=N)N. The van der Waals surface area contributed by atoms with Crippen LogP contribution < -0.4 is 10.5 Å². The summed E-state index contributed by atoms with van der Waals surface area (Å²) in [6.07, 6.45) is -0.0933. The molecule has 0 spiro atoms. The van der Waals surface area contributed by atoms with Gasteiger partial charge in [0.1, 0.15) is 17.7 Å². The minimum Gasteiger partial charge on any atom is -0.487 e. The minimum atomic E-state index is -0.0933. The van der Waals surface area contributed by atoms with E-state index < -0.39 is 0 Å². The van der Waals surface area contributed by atoms with E-state index >= 15 is 0 Å². The Bertz CT molecular complexity index is 432. The molecule has 1 heterocycles. The maximum atomic E-state index is 7.60. The van der Waals surface area contributed by atoms with E-state index in [0.29, 0.717) is 30.2 Å². The summed E-state index contributed by atoms with van der Waals surface area (Å²) in [7, 11) is 0. The second kappa shape index (κ2) is 6.35. The summed E-state index contributed by atoms with van der Waals surface area (Å²) in [5.41, 5.74) is 7.69. The van der Waals surface area contributed by atoms with Crippen molar-refractivity contribution in [3.8, 4) is 5.75 Å². The van der Waals surface area contributed by atoms with Gasteiger partial charge in [-0.3, -0.25) is 10.4 Å². The zero-order chi connectivity index (χ0) is 13.7. The molecule has 100 valence electrons. The first-order chi connectivity index (χ1) is 8.45. The van der Waals surface area contributed by atoms with E-state index in [1.54, 1.807) is 6.07 Å². The molecule has 0 aliphatic heterocycles. The second-order valence-electron chi connectivity index (χ2n) is 4.22. The van der Waals surface area contributed by atoms with Gasteiger partial charge in [0.15, 0.2) is 0 Å². The van der Waals surface area contributed by atoms with Crippen LogP contribution in [0.4, 0.5) is 0 Å². The van der Waals surface area contributed by atoms with Crippen LogP contribution in [0.25, 0.3) is 0 Å². The molecule has 1 rings (SSSR count). The summed E-state index contributed by atoms with van der Waals surface area (Å²) in [6, 6.07) is 1.80. The van der Waals surface area contributed by atoms with Crippen LogP contribution in [-0.2, 0) is 4.74 Å². The molecule has 0 aliphatic rings. The molecule has 0 saturated heterocycles. The quantitative estimate of drug-likeness (QED) is 0.596. The Morgan fingerprint density at radius 3 is 2.72 bits per heavy atom. The van der Waals surface area contributed by atoms with Gasteiger partial charge in [0.2, 0.25) is 0 Å². The fourth-order valence-electron chi connectivity index (χ4n) is 1.75. The van der Waals surface area contributed by atoms with Crippen LogP contribution in [0, 0.1) is 19.3 Å². The van der Waals surface area contributed by atoms with Crippen LogP contribution in [0.3, 0.4) is 0 Å². The molecular formula is C13H21N3O2. The van der Waals surface area contributed by atoms with Gasteiger partial charge in [-0.2, -0.15) is 0 Å². The monoisotopic (exact) mass is 251 g/mol. The third-order valence-corrected chi connectivity index (χ3v) is 2.45. The molecular weight excluding hydrogens is 230 g/mol. The second-order valence-corrected chi connectivity index (χ2v) is 4.22. The Kier molecular flexibility index (Phi) is 5.09. The fourth-order valence-corrected chi connectivity index (χ4v) is 1.75. The molecule has 0 fully saturated rings. The van der Waals surface area contributed by atoms with Crippen LogP contribution in [0.5, 0.6) is 5.75 Å². The number of aromatic nitrogens is 1. The standard InChI is InChI=1S/C13H21N3O2/c1-5-17-7-9(3)18-11-6-8(2)16-10(4)12(11)13(14)15/h6,9H,5,7H2,1-4H3,(H3,14,15). The average molecular weight is 251 g/mol. The summed E-state index contributed by atoms with van der Waals surface area (Å²) in [5.74, 6) is 0.568. The molecule has 0 aromatic carbocycles. The highest BCUT2D eigenvalue weighted by molar-refractivity contribution is 5.98. The van der Waals surface area contributed by atoms with Crippen molar-refractivity contribution < 1.29 is 9.47 Å². The van der Waals surface area contributed by atoms with E-state index in [0.717, 1.165) is 5.69 Å². The van der Waals surface area contributed by atoms with Crippen LogP contribution in [0.15, 0.2) is 6.07 Å². The van der Waals surface area contributed by atoms with Crippen molar-refractivity contribution in [3.05, 3.63) is 23.0 Å². The summed E-state index contributed by atoms with van der Waals surface area (Å²) in [5, 5.41) is 7.60. The molecule has 1 aromatic heterocycles. The lowest BCUT2D eigenvalue weighted by Crippen LogP contribution is -2.23. The van der Waals surface area contributed by atoms with Crippen molar-refractivity contribution in [2.24, 2.45) is 5.73 Å². The lowest BCUT2D eigenvalue weighted by Gasteiger charge is -2.18. The van der Waals surface area contributed by atoms with Gasteiger partial charge in [0.25, 0.3) is 0 Å². The van der Waals surface area contributed by atoms with Crippen LogP contribution in [0.2, 0.25) is 0 Å². The van der Waals surface area contributed by atoms with Gasteiger partial charge in [-0.1, -0.05) is 0 Å².